The number of carbonyl (C=O) groups is 1. The molecule has 2 aliphatic carbocycles. The Labute approximate surface area is 150 Å². The molecule has 0 unspecified atom stereocenters. The Morgan fingerprint density at radius 2 is 1.92 bits per heavy atom. The summed E-state index contributed by atoms with van der Waals surface area (Å²) in [5.41, 5.74) is 2.64. The molecule has 2 aliphatic rings. The number of benzene rings is 1. The Balaban J connectivity index is 1.80. The summed E-state index contributed by atoms with van der Waals surface area (Å²) in [4.78, 5) is 12.8. The highest BCUT2D eigenvalue weighted by molar-refractivity contribution is 7.92. The van der Waals surface area contributed by atoms with Gasteiger partial charge in [-0.1, -0.05) is 12.5 Å². The second-order valence-corrected chi connectivity index (χ2v) is 9.65. The highest BCUT2D eigenvalue weighted by Crippen LogP contribution is 2.44. The maximum atomic E-state index is 12.8. The summed E-state index contributed by atoms with van der Waals surface area (Å²) in [5, 5.41) is 3.11. The lowest BCUT2D eigenvalue weighted by Gasteiger charge is -2.31. The Hall–Kier alpha value is -1.56. The number of fused-ring (bicyclic) bond motifs is 2. The fourth-order valence-electron chi connectivity index (χ4n) is 4.40. The van der Waals surface area contributed by atoms with Gasteiger partial charge >= 0.3 is 0 Å². The molecule has 138 valence electrons. The summed E-state index contributed by atoms with van der Waals surface area (Å²) in [6.07, 6.45) is 5.84. The van der Waals surface area contributed by atoms with E-state index < -0.39 is 16.1 Å². The van der Waals surface area contributed by atoms with Crippen LogP contribution in [0.2, 0.25) is 0 Å². The zero-order valence-corrected chi connectivity index (χ0v) is 16.3. The van der Waals surface area contributed by atoms with Crippen molar-refractivity contribution in [2.24, 2.45) is 11.8 Å². The number of anilines is 1. The molecule has 4 atom stereocenters. The third-order valence-electron chi connectivity index (χ3n) is 5.90. The van der Waals surface area contributed by atoms with Crippen LogP contribution in [0, 0.1) is 25.7 Å². The average Bonchev–Trinajstić information content (AvgIpc) is 3.12. The van der Waals surface area contributed by atoms with Gasteiger partial charge in [0.25, 0.3) is 0 Å². The van der Waals surface area contributed by atoms with Gasteiger partial charge in [0.1, 0.15) is 6.04 Å². The first-order valence-corrected chi connectivity index (χ1v) is 10.9. The van der Waals surface area contributed by atoms with Gasteiger partial charge in [-0.15, -0.1) is 0 Å². The average molecular weight is 365 g/mol. The van der Waals surface area contributed by atoms with E-state index in [4.69, 9.17) is 0 Å². The van der Waals surface area contributed by atoms with Crippen LogP contribution < -0.4 is 9.62 Å². The predicted octanol–water partition coefficient (Wildman–Crippen LogP) is 2.76. The van der Waals surface area contributed by atoms with Crippen molar-refractivity contribution in [2.75, 3.05) is 10.6 Å². The minimum atomic E-state index is -3.56. The topological polar surface area (TPSA) is 66.5 Å². The van der Waals surface area contributed by atoms with Gasteiger partial charge in [-0.25, -0.2) is 8.42 Å². The van der Waals surface area contributed by atoms with Crippen LogP contribution in [0.15, 0.2) is 18.2 Å². The second kappa shape index (κ2) is 6.63. The number of amides is 1. The molecular formula is C19H28N2O3S. The van der Waals surface area contributed by atoms with Crippen molar-refractivity contribution in [1.29, 1.82) is 0 Å². The molecule has 0 aliphatic heterocycles. The lowest BCUT2D eigenvalue weighted by atomic mass is 9.95. The van der Waals surface area contributed by atoms with Crippen LogP contribution in [-0.2, 0) is 14.8 Å². The number of aryl methyl sites for hydroxylation is 2. The van der Waals surface area contributed by atoms with Crippen molar-refractivity contribution in [1.82, 2.24) is 5.32 Å². The van der Waals surface area contributed by atoms with Crippen molar-refractivity contribution in [3.63, 3.8) is 0 Å². The number of sulfonamides is 1. The van der Waals surface area contributed by atoms with Gasteiger partial charge in [0.05, 0.1) is 11.9 Å². The van der Waals surface area contributed by atoms with Gasteiger partial charge in [-0.05, 0) is 75.1 Å². The van der Waals surface area contributed by atoms with E-state index in [1.54, 1.807) is 13.0 Å². The summed E-state index contributed by atoms with van der Waals surface area (Å²) < 4.78 is 26.0. The molecule has 1 amide bonds. The Kier molecular flexibility index (Phi) is 4.84. The monoisotopic (exact) mass is 364 g/mol. The molecule has 25 heavy (non-hydrogen) atoms. The minimum absolute atomic E-state index is 0.204. The van der Waals surface area contributed by atoms with E-state index in [1.165, 1.54) is 23.6 Å². The Morgan fingerprint density at radius 1 is 1.20 bits per heavy atom. The molecular weight excluding hydrogens is 336 g/mol. The molecule has 2 bridgehead atoms. The molecule has 3 rings (SSSR count). The van der Waals surface area contributed by atoms with Gasteiger partial charge in [0, 0.05) is 6.04 Å². The van der Waals surface area contributed by atoms with E-state index >= 15 is 0 Å². The minimum Gasteiger partial charge on any atom is -0.351 e. The largest absolute Gasteiger partial charge is 0.351 e. The first kappa shape index (κ1) is 18.2. The molecule has 1 N–H and O–H groups in total. The molecule has 0 spiro atoms. The maximum Gasteiger partial charge on any atom is 0.243 e. The lowest BCUT2D eigenvalue weighted by molar-refractivity contribution is -0.122. The van der Waals surface area contributed by atoms with Gasteiger partial charge in [-0.2, -0.15) is 0 Å². The van der Waals surface area contributed by atoms with Crippen LogP contribution in [0.3, 0.4) is 0 Å². The lowest BCUT2D eigenvalue weighted by Crippen LogP contribution is -2.51. The SMILES string of the molecule is Cc1ccc(N([C@@H](C)C(=O)N[C@H]2C[C@H]3CC[C@H]2C3)S(C)(=O)=O)cc1C. The summed E-state index contributed by atoms with van der Waals surface area (Å²) in [7, 11) is -3.56. The second-order valence-electron chi connectivity index (χ2n) is 7.79. The molecule has 1 aromatic carbocycles. The Morgan fingerprint density at radius 3 is 2.44 bits per heavy atom. The molecule has 2 saturated carbocycles. The molecule has 5 nitrogen and oxygen atoms in total. The third kappa shape index (κ3) is 3.68. The highest BCUT2D eigenvalue weighted by atomic mass is 32.2. The summed E-state index contributed by atoms with van der Waals surface area (Å²) in [6.45, 7) is 5.59. The van der Waals surface area contributed by atoms with E-state index in [2.05, 4.69) is 5.32 Å². The molecule has 0 radical (unpaired) electrons. The van der Waals surface area contributed by atoms with Crippen molar-refractivity contribution in [3.05, 3.63) is 29.3 Å². The normalized spacial score (nSPS) is 26.5. The maximum absolute atomic E-state index is 12.8. The number of nitrogens with zero attached hydrogens (tertiary/aromatic N) is 1. The molecule has 2 fully saturated rings. The summed E-state index contributed by atoms with van der Waals surface area (Å²) in [5.74, 6) is 1.09. The zero-order chi connectivity index (χ0) is 18.4. The van der Waals surface area contributed by atoms with E-state index in [-0.39, 0.29) is 11.9 Å². The summed E-state index contributed by atoms with van der Waals surface area (Å²) >= 11 is 0. The van der Waals surface area contributed by atoms with Crippen molar-refractivity contribution < 1.29 is 13.2 Å². The smallest absolute Gasteiger partial charge is 0.243 e. The standard InChI is InChI=1S/C19H28N2O3S/c1-12-5-8-17(9-13(12)2)21(25(4,23)24)14(3)19(22)20-18-11-15-6-7-16(18)10-15/h5,8-9,14-16,18H,6-7,10-11H2,1-4H3,(H,20,22)/t14-,15-,16-,18-/m0/s1. The van der Waals surface area contributed by atoms with Crippen LogP contribution >= 0.6 is 0 Å². The van der Waals surface area contributed by atoms with Gasteiger partial charge in [0.15, 0.2) is 0 Å². The molecule has 6 heteroatoms. The van der Waals surface area contributed by atoms with Crippen molar-refractivity contribution >= 4 is 21.6 Å². The molecule has 0 saturated heterocycles. The van der Waals surface area contributed by atoms with Crippen LogP contribution in [0.4, 0.5) is 5.69 Å². The molecule has 0 heterocycles. The Bertz CT molecular complexity index is 775. The fraction of sp³-hybridized carbons (Fsp3) is 0.632. The van der Waals surface area contributed by atoms with E-state index in [0.717, 1.165) is 29.7 Å². The quantitative estimate of drug-likeness (QED) is 0.874. The number of rotatable bonds is 5. The molecule has 0 aromatic heterocycles. The van der Waals surface area contributed by atoms with Crippen LogP contribution in [0.25, 0.3) is 0 Å². The highest BCUT2D eigenvalue weighted by Gasteiger charge is 2.41. The fourth-order valence-corrected chi connectivity index (χ4v) is 5.56. The summed E-state index contributed by atoms with van der Waals surface area (Å²) in [6, 6.07) is 4.93. The van der Waals surface area contributed by atoms with Crippen LogP contribution in [0.1, 0.15) is 43.7 Å². The van der Waals surface area contributed by atoms with Crippen LogP contribution in [-0.4, -0.2) is 32.7 Å². The third-order valence-corrected chi connectivity index (χ3v) is 7.14. The number of hydrogen-bond donors (Lipinski definition) is 1. The van der Waals surface area contributed by atoms with Crippen LogP contribution in [0.5, 0.6) is 0 Å². The van der Waals surface area contributed by atoms with Gasteiger partial charge in [-0.3, -0.25) is 9.10 Å². The predicted molar refractivity (Wildman–Crippen MR) is 100 cm³/mol. The molecule has 1 aromatic rings. The zero-order valence-electron chi connectivity index (χ0n) is 15.5. The van der Waals surface area contributed by atoms with Crippen molar-refractivity contribution in [2.45, 2.75) is 58.5 Å². The van der Waals surface area contributed by atoms with Crippen molar-refractivity contribution in [3.8, 4) is 0 Å². The first-order valence-electron chi connectivity index (χ1n) is 9.04. The number of carbonyl (C=O) groups excluding carboxylic acids is 1. The van der Waals surface area contributed by atoms with Gasteiger partial charge in [0.2, 0.25) is 15.9 Å². The van der Waals surface area contributed by atoms with E-state index in [1.807, 2.05) is 26.0 Å². The van der Waals surface area contributed by atoms with E-state index in [9.17, 15) is 13.2 Å². The first-order chi connectivity index (χ1) is 11.7. The number of nitrogens with one attached hydrogen (secondary N) is 1. The van der Waals surface area contributed by atoms with E-state index in [0.29, 0.717) is 11.6 Å². The van der Waals surface area contributed by atoms with Gasteiger partial charge < -0.3 is 5.32 Å². The number of hydrogen-bond acceptors (Lipinski definition) is 3.